The first-order valence-electron chi connectivity index (χ1n) is 11.4. The summed E-state index contributed by atoms with van der Waals surface area (Å²) in [7, 11) is 0. The quantitative estimate of drug-likeness (QED) is 0.327. The van der Waals surface area contributed by atoms with Gasteiger partial charge in [0.05, 0.1) is 29.2 Å². The van der Waals surface area contributed by atoms with E-state index in [-0.39, 0.29) is 29.3 Å². The summed E-state index contributed by atoms with van der Waals surface area (Å²) in [5.41, 5.74) is 1.89. The highest BCUT2D eigenvalue weighted by Crippen LogP contribution is 2.29. The Morgan fingerprint density at radius 1 is 0.971 bits per heavy atom. The van der Waals surface area contributed by atoms with Crippen LogP contribution in [0.5, 0.6) is 0 Å². The molecule has 0 amide bonds. The first kappa shape index (κ1) is 23.3. The molecule has 5 aromatic rings. The Morgan fingerprint density at radius 3 is 2.60 bits per heavy atom. The molecule has 0 spiro atoms. The number of aromatic nitrogens is 3. The van der Waals surface area contributed by atoms with Gasteiger partial charge in [-0.15, -0.1) is 12.4 Å². The standard InChI is InChI=1S/C26H22F2N4O2.ClH/c27-18-3-5-20(22(28)14-18)25-15-21-24(34-25)7-10-31(26(21)33)19-4-6-23-17(13-19)16-29-32(23)12-11-30-8-1-2-9-30;/h3-7,10,13-16H,1-2,8-9,11-12H2;1H. The van der Waals surface area contributed by atoms with Crippen LogP contribution in [0.3, 0.4) is 0 Å². The molecule has 0 atom stereocenters. The first-order valence-corrected chi connectivity index (χ1v) is 11.4. The van der Waals surface area contributed by atoms with Crippen molar-refractivity contribution in [3.8, 4) is 17.0 Å². The predicted octanol–water partition coefficient (Wildman–Crippen LogP) is 5.40. The average molecular weight is 497 g/mol. The molecule has 1 fully saturated rings. The van der Waals surface area contributed by atoms with Crippen molar-refractivity contribution >= 4 is 34.3 Å². The van der Waals surface area contributed by atoms with E-state index in [9.17, 15) is 13.6 Å². The summed E-state index contributed by atoms with van der Waals surface area (Å²) < 4.78 is 36.7. The molecule has 180 valence electrons. The topological polar surface area (TPSA) is 56.2 Å². The molecule has 1 aliphatic rings. The van der Waals surface area contributed by atoms with Crippen molar-refractivity contribution in [2.24, 2.45) is 0 Å². The number of furan rings is 1. The van der Waals surface area contributed by atoms with Crippen LogP contribution in [-0.4, -0.2) is 38.9 Å². The van der Waals surface area contributed by atoms with Crippen molar-refractivity contribution in [3.63, 3.8) is 0 Å². The number of nitrogens with zero attached hydrogens (tertiary/aromatic N) is 4. The molecular weight excluding hydrogens is 474 g/mol. The Hall–Kier alpha value is -3.49. The monoisotopic (exact) mass is 496 g/mol. The third kappa shape index (κ3) is 4.24. The van der Waals surface area contributed by atoms with E-state index < -0.39 is 11.6 Å². The maximum absolute atomic E-state index is 14.2. The molecule has 0 saturated carbocycles. The molecule has 1 aliphatic heterocycles. The summed E-state index contributed by atoms with van der Waals surface area (Å²) in [5.74, 6) is -1.24. The Bertz CT molecular complexity index is 1580. The zero-order valence-corrected chi connectivity index (χ0v) is 19.6. The SMILES string of the molecule is Cl.O=c1c2cc(-c3ccc(F)cc3F)oc2ccn1-c1ccc2c(cnn2CCN2CCCC2)c1. The zero-order chi connectivity index (χ0) is 23.2. The maximum Gasteiger partial charge on any atom is 0.266 e. The van der Waals surface area contributed by atoms with Crippen LogP contribution in [0.15, 0.2) is 70.1 Å². The highest BCUT2D eigenvalue weighted by molar-refractivity contribution is 5.85. The molecule has 6 rings (SSSR count). The molecule has 2 aromatic carbocycles. The van der Waals surface area contributed by atoms with Gasteiger partial charge in [0.1, 0.15) is 23.0 Å². The van der Waals surface area contributed by atoms with E-state index in [1.165, 1.54) is 29.5 Å². The Morgan fingerprint density at radius 2 is 1.80 bits per heavy atom. The number of hydrogen-bond donors (Lipinski definition) is 0. The van der Waals surface area contributed by atoms with E-state index in [1.807, 2.05) is 29.1 Å². The zero-order valence-electron chi connectivity index (χ0n) is 18.8. The third-order valence-electron chi connectivity index (χ3n) is 6.51. The van der Waals surface area contributed by atoms with E-state index in [0.29, 0.717) is 16.7 Å². The van der Waals surface area contributed by atoms with Crippen molar-refractivity contribution < 1.29 is 13.2 Å². The molecule has 4 heterocycles. The van der Waals surface area contributed by atoms with Crippen LogP contribution >= 0.6 is 12.4 Å². The molecule has 0 bridgehead atoms. The lowest BCUT2D eigenvalue weighted by molar-refractivity contribution is 0.318. The molecule has 0 unspecified atom stereocenters. The van der Waals surface area contributed by atoms with Crippen LogP contribution in [0.4, 0.5) is 8.78 Å². The van der Waals surface area contributed by atoms with Crippen molar-refractivity contribution in [2.45, 2.75) is 19.4 Å². The van der Waals surface area contributed by atoms with Crippen LogP contribution in [-0.2, 0) is 6.54 Å². The van der Waals surface area contributed by atoms with Crippen LogP contribution in [0.1, 0.15) is 12.8 Å². The summed E-state index contributed by atoms with van der Waals surface area (Å²) in [6.07, 6.45) is 5.98. The molecule has 0 radical (unpaired) electrons. The fourth-order valence-electron chi connectivity index (χ4n) is 4.71. The third-order valence-corrected chi connectivity index (χ3v) is 6.51. The van der Waals surface area contributed by atoms with E-state index >= 15 is 0 Å². The fraction of sp³-hybridized carbons (Fsp3) is 0.231. The van der Waals surface area contributed by atoms with Gasteiger partial charge in [0, 0.05) is 29.9 Å². The highest BCUT2D eigenvalue weighted by atomic mass is 35.5. The normalized spacial score (nSPS) is 14.1. The Labute approximate surface area is 205 Å². The predicted molar refractivity (Wildman–Crippen MR) is 133 cm³/mol. The number of hydrogen-bond acceptors (Lipinski definition) is 4. The van der Waals surface area contributed by atoms with E-state index in [0.717, 1.165) is 49.2 Å². The van der Waals surface area contributed by atoms with Gasteiger partial charge in [-0.25, -0.2) is 8.78 Å². The summed E-state index contributed by atoms with van der Waals surface area (Å²) in [6, 6.07) is 12.2. The van der Waals surface area contributed by atoms with Crippen molar-refractivity contribution in [2.75, 3.05) is 19.6 Å². The molecule has 1 saturated heterocycles. The second kappa shape index (κ2) is 9.28. The highest BCUT2D eigenvalue weighted by Gasteiger charge is 2.16. The van der Waals surface area contributed by atoms with Gasteiger partial charge in [-0.3, -0.25) is 14.0 Å². The van der Waals surface area contributed by atoms with Gasteiger partial charge < -0.3 is 9.32 Å². The number of fused-ring (bicyclic) bond motifs is 2. The van der Waals surface area contributed by atoms with Gasteiger partial charge in [-0.05, 0) is 68.4 Å². The smallest absolute Gasteiger partial charge is 0.266 e. The second-order valence-corrected chi connectivity index (χ2v) is 8.66. The van der Waals surface area contributed by atoms with E-state index in [1.54, 1.807) is 12.3 Å². The Balaban J connectivity index is 0.00000253. The second-order valence-electron chi connectivity index (χ2n) is 8.66. The summed E-state index contributed by atoms with van der Waals surface area (Å²) in [5, 5.41) is 5.81. The number of pyridine rings is 1. The van der Waals surface area contributed by atoms with Gasteiger partial charge >= 0.3 is 0 Å². The van der Waals surface area contributed by atoms with Gasteiger partial charge in [-0.2, -0.15) is 5.10 Å². The molecule has 3 aromatic heterocycles. The number of likely N-dealkylation sites (tertiary alicyclic amines) is 1. The lowest BCUT2D eigenvalue weighted by atomic mass is 10.1. The van der Waals surface area contributed by atoms with Gasteiger partial charge in [-0.1, -0.05) is 0 Å². The lowest BCUT2D eigenvalue weighted by Crippen LogP contribution is -2.24. The minimum absolute atomic E-state index is 0. The summed E-state index contributed by atoms with van der Waals surface area (Å²) >= 11 is 0. The minimum Gasteiger partial charge on any atom is -0.456 e. The lowest BCUT2D eigenvalue weighted by Gasteiger charge is -2.14. The summed E-state index contributed by atoms with van der Waals surface area (Å²) in [6.45, 7) is 4.11. The minimum atomic E-state index is -0.744. The van der Waals surface area contributed by atoms with Crippen LogP contribution < -0.4 is 5.56 Å². The largest absolute Gasteiger partial charge is 0.456 e. The van der Waals surface area contributed by atoms with Gasteiger partial charge in [0.2, 0.25) is 0 Å². The average Bonchev–Trinajstić information content (AvgIpc) is 3.57. The van der Waals surface area contributed by atoms with E-state index in [4.69, 9.17) is 4.42 Å². The summed E-state index contributed by atoms with van der Waals surface area (Å²) in [4.78, 5) is 15.7. The van der Waals surface area contributed by atoms with Crippen molar-refractivity contribution in [1.29, 1.82) is 0 Å². The molecule has 0 aliphatic carbocycles. The molecule has 9 heteroatoms. The van der Waals surface area contributed by atoms with Crippen LogP contribution in [0.2, 0.25) is 0 Å². The molecular formula is C26H23ClF2N4O2. The maximum atomic E-state index is 14.2. The van der Waals surface area contributed by atoms with Crippen molar-refractivity contribution in [1.82, 2.24) is 19.2 Å². The number of benzene rings is 2. The van der Waals surface area contributed by atoms with Crippen LogP contribution in [0.25, 0.3) is 38.9 Å². The van der Waals surface area contributed by atoms with Gasteiger partial charge in [0.25, 0.3) is 5.56 Å². The van der Waals surface area contributed by atoms with E-state index in [2.05, 4.69) is 10.00 Å². The van der Waals surface area contributed by atoms with Crippen molar-refractivity contribution in [3.05, 3.63) is 82.9 Å². The molecule has 6 nitrogen and oxygen atoms in total. The Kier molecular flexibility index (Phi) is 6.17. The first-order chi connectivity index (χ1) is 16.6. The number of rotatable bonds is 5. The number of halogens is 3. The molecule has 0 N–H and O–H groups in total. The van der Waals surface area contributed by atoms with Crippen LogP contribution in [0, 0.1) is 11.6 Å². The fourth-order valence-corrected chi connectivity index (χ4v) is 4.71. The molecule has 35 heavy (non-hydrogen) atoms. The van der Waals surface area contributed by atoms with Gasteiger partial charge in [0.15, 0.2) is 0 Å².